The van der Waals surface area contributed by atoms with Gasteiger partial charge in [0.15, 0.2) is 0 Å². The zero-order valence-corrected chi connectivity index (χ0v) is 14.2. The molecule has 2 rings (SSSR count). The Bertz CT molecular complexity index is 787. The molecule has 0 heterocycles. The summed E-state index contributed by atoms with van der Waals surface area (Å²) >= 11 is 0. The zero-order valence-electron chi connectivity index (χ0n) is 14.2. The third-order valence-corrected chi connectivity index (χ3v) is 3.70. The van der Waals surface area contributed by atoms with Gasteiger partial charge >= 0.3 is 0 Å². The summed E-state index contributed by atoms with van der Waals surface area (Å²) in [5, 5.41) is 13.1. The molecule has 0 bridgehead atoms. The van der Waals surface area contributed by atoms with Gasteiger partial charge in [0.2, 0.25) is 5.91 Å². The van der Waals surface area contributed by atoms with E-state index in [-0.39, 0.29) is 5.69 Å². The van der Waals surface area contributed by atoms with E-state index in [0.717, 1.165) is 5.56 Å². The highest BCUT2D eigenvalue weighted by molar-refractivity contribution is 5.97. The molecule has 0 saturated heterocycles. The van der Waals surface area contributed by atoms with E-state index < -0.39 is 22.8 Å². The van der Waals surface area contributed by atoms with Gasteiger partial charge in [-0.1, -0.05) is 12.1 Å². The molecule has 0 spiro atoms. The first kappa shape index (κ1) is 18.9. The van der Waals surface area contributed by atoms with Crippen molar-refractivity contribution in [3.8, 4) is 5.75 Å². The normalized spacial score (nSPS) is 11.4. The van der Waals surface area contributed by atoms with E-state index in [0.29, 0.717) is 24.3 Å². The largest absolute Gasteiger partial charge is 0.493 e. The number of nitro groups is 1. The first-order valence-corrected chi connectivity index (χ1v) is 7.93. The van der Waals surface area contributed by atoms with Crippen LogP contribution in [0.5, 0.6) is 5.75 Å². The lowest BCUT2D eigenvalue weighted by atomic mass is 10.1. The highest BCUT2D eigenvalue weighted by atomic mass is 16.6. The van der Waals surface area contributed by atoms with E-state index >= 15 is 0 Å². The molecule has 0 radical (unpaired) electrons. The number of carbonyl (C=O) groups is 2. The van der Waals surface area contributed by atoms with Gasteiger partial charge in [-0.2, -0.15) is 0 Å². The first-order valence-electron chi connectivity index (χ1n) is 7.93. The number of ether oxygens (including phenoxy) is 1. The van der Waals surface area contributed by atoms with Crippen molar-refractivity contribution < 1.29 is 19.2 Å². The van der Waals surface area contributed by atoms with Crippen molar-refractivity contribution in [1.29, 1.82) is 0 Å². The maximum absolute atomic E-state index is 11.9. The van der Waals surface area contributed by atoms with Crippen LogP contribution in [0, 0.1) is 10.1 Å². The molecule has 8 heteroatoms. The standard InChI is InChI=1S/C18H19N3O5/c1-12(17(19)22)20-18(23)14-4-8-16(9-5-14)26-11-10-13-2-6-15(7-3-13)21(24)25/h2-9,12H,10-11H2,1H3,(H2,19,22)(H,20,23). The fourth-order valence-electron chi connectivity index (χ4n) is 2.12. The molecule has 0 saturated carbocycles. The number of carbonyl (C=O) groups excluding carboxylic acids is 2. The quantitative estimate of drug-likeness (QED) is 0.551. The van der Waals surface area contributed by atoms with Gasteiger partial charge in [0, 0.05) is 24.1 Å². The monoisotopic (exact) mass is 357 g/mol. The second-order valence-corrected chi connectivity index (χ2v) is 5.64. The van der Waals surface area contributed by atoms with Crippen LogP contribution >= 0.6 is 0 Å². The number of nitrogens with one attached hydrogen (secondary N) is 1. The summed E-state index contributed by atoms with van der Waals surface area (Å²) in [7, 11) is 0. The minimum absolute atomic E-state index is 0.0502. The Labute approximate surface area is 150 Å². The van der Waals surface area contributed by atoms with Gasteiger partial charge < -0.3 is 15.8 Å². The van der Waals surface area contributed by atoms with Crippen LogP contribution in [0.3, 0.4) is 0 Å². The topological polar surface area (TPSA) is 125 Å². The van der Waals surface area contributed by atoms with Crippen LogP contribution < -0.4 is 15.8 Å². The number of primary amides is 1. The summed E-state index contributed by atoms with van der Waals surface area (Å²) in [6.07, 6.45) is 0.594. The molecule has 2 amide bonds. The summed E-state index contributed by atoms with van der Waals surface area (Å²) in [4.78, 5) is 33.1. The molecular weight excluding hydrogens is 338 g/mol. The molecule has 2 aromatic rings. The van der Waals surface area contributed by atoms with Crippen LogP contribution in [-0.4, -0.2) is 29.4 Å². The van der Waals surface area contributed by atoms with Crippen molar-refractivity contribution >= 4 is 17.5 Å². The average Bonchev–Trinajstić information content (AvgIpc) is 2.62. The third-order valence-electron chi connectivity index (χ3n) is 3.70. The van der Waals surface area contributed by atoms with Crippen molar-refractivity contribution in [2.45, 2.75) is 19.4 Å². The van der Waals surface area contributed by atoms with Crippen molar-refractivity contribution in [1.82, 2.24) is 5.32 Å². The molecule has 26 heavy (non-hydrogen) atoms. The Hall–Kier alpha value is -3.42. The molecule has 0 aliphatic carbocycles. The molecule has 0 fully saturated rings. The van der Waals surface area contributed by atoms with Crippen LogP contribution in [-0.2, 0) is 11.2 Å². The number of hydrogen-bond acceptors (Lipinski definition) is 5. The van der Waals surface area contributed by atoms with Crippen molar-refractivity contribution in [3.63, 3.8) is 0 Å². The molecule has 1 atom stereocenters. The third kappa shape index (κ3) is 5.30. The maximum atomic E-state index is 11.9. The van der Waals surface area contributed by atoms with Crippen molar-refractivity contribution in [3.05, 3.63) is 69.8 Å². The summed E-state index contributed by atoms with van der Waals surface area (Å²) < 4.78 is 5.60. The summed E-state index contributed by atoms with van der Waals surface area (Å²) in [6.45, 7) is 1.90. The highest BCUT2D eigenvalue weighted by Crippen LogP contribution is 2.15. The zero-order chi connectivity index (χ0) is 19.1. The number of benzene rings is 2. The van der Waals surface area contributed by atoms with Gasteiger partial charge in [-0.25, -0.2) is 0 Å². The second kappa shape index (κ2) is 8.61. The van der Waals surface area contributed by atoms with Crippen LogP contribution in [0.1, 0.15) is 22.8 Å². The predicted molar refractivity (Wildman–Crippen MR) is 94.9 cm³/mol. The number of nitrogens with two attached hydrogens (primary N) is 1. The number of nitro benzene ring substituents is 1. The van der Waals surface area contributed by atoms with Crippen LogP contribution in [0.2, 0.25) is 0 Å². The van der Waals surface area contributed by atoms with E-state index in [2.05, 4.69) is 5.32 Å². The van der Waals surface area contributed by atoms with E-state index in [9.17, 15) is 19.7 Å². The van der Waals surface area contributed by atoms with Gasteiger partial charge in [0.25, 0.3) is 11.6 Å². The fourth-order valence-corrected chi connectivity index (χ4v) is 2.12. The number of rotatable bonds is 8. The number of amides is 2. The molecule has 0 aromatic heterocycles. The molecule has 3 N–H and O–H groups in total. The van der Waals surface area contributed by atoms with Gasteiger partial charge in [-0.05, 0) is 36.8 Å². The predicted octanol–water partition coefficient (Wildman–Crippen LogP) is 1.82. The second-order valence-electron chi connectivity index (χ2n) is 5.64. The SMILES string of the molecule is CC(NC(=O)c1ccc(OCCc2ccc([N+](=O)[O-])cc2)cc1)C(N)=O. The Kier molecular flexibility index (Phi) is 6.26. The lowest BCUT2D eigenvalue weighted by Crippen LogP contribution is -2.42. The Morgan fingerprint density at radius 2 is 1.77 bits per heavy atom. The molecule has 136 valence electrons. The van der Waals surface area contributed by atoms with Gasteiger partial charge in [0.05, 0.1) is 11.5 Å². The number of nitrogens with zero attached hydrogens (tertiary/aromatic N) is 1. The number of hydrogen-bond donors (Lipinski definition) is 2. The average molecular weight is 357 g/mol. The smallest absolute Gasteiger partial charge is 0.269 e. The number of non-ortho nitro benzene ring substituents is 1. The summed E-state index contributed by atoms with van der Waals surface area (Å²) in [5.41, 5.74) is 6.47. The van der Waals surface area contributed by atoms with Crippen molar-refractivity contribution in [2.24, 2.45) is 5.73 Å². The highest BCUT2D eigenvalue weighted by Gasteiger charge is 2.13. The van der Waals surface area contributed by atoms with Crippen molar-refractivity contribution in [2.75, 3.05) is 6.61 Å². The van der Waals surface area contributed by atoms with Gasteiger partial charge in [0.1, 0.15) is 11.8 Å². The van der Waals surface area contributed by atoms with E-state index in [1.54, 1.807) is 36.4 Å². The molecule has 8 nitrogen and oxygen atoms in total. The Morgan fingerprint density at radius 1 is 1.15 bits per heavy atom. The summed E-state index contributed by atoms with van der Waals surface area (Å²) in [6, 6.07) is 12.0. The van der Waals surface area contributed by atoms with Crippen LogP contribution in [0.25, 0.3) is 0 Å². The van der Waals surface area contributed by atoms with E-state index in [1.165, 1.54) is 19.1 Å². The minimum atomic E-state index is -0.750. The molecule has 0 aliphatic heterocycles. The lowest BCUT2D eigenvalue weighted by molar-refractivity contribution is -0.384. The first-order chi connectivity index (χ1) is 12.4. The van der Waals surface area contributed by atoms with Gasteiger partial charge in [-0.15, -0.1) is 0 Å². The molecule has 1 unspecified atom stereocenters. The molecular formula is C18H19N3O5. The Morgan fingerprint density at radius 3 is 2.31 bits per heavy atom. The fraction of sp³-hybridized carbons (Fsp3) is 0.222. The van der Waals surface area contributed by atoms with E-state index in [4.69, 9.17) is 10.5 Å². The maximum Gasteiger partial charge on any atom is 0.269 e. The summed E-state index contributed by atoms with van der Waals surface area (Å²) in [5.74, 6) is -0.412. The van der Waals surface area contributed by atoms with Crippen LogP contribution in [0.4, 0.5) is 5.69 Å². The molecule has 2 aromatic carbocycles. The minimum Gasteiger partial charge on any atom is -0.493 e. The van der Waals surface area contributed by atoms with Gasteiger partial charge in [-0.3, -0.25) is 19.7 Å². The lowest BCUT2D eigenvalue weighted by Gasteiger charge is -2.11. The Balaban J connectivity index is 1.84. The van der Waals surface area contributed by atoms with E-state index in [1.807, 2.05) is 0 Å². The molecule has 0 aliphatic rings. The van der Waals surface area contributed by atoms with Crippen LogP contribution in [0.15, 0.2) is 48.5 Å².